The summed E-state index contributed by atoms with van der Waals surface area (Å²) in [6.07, 6.45) is 1.21. The number of hydrogen-bond donors (Lipinski definition) is 2. The molecule has 20 heavy (non-hydrogen) atoms. The summed E-state index contributed by atoms with van der Waals surface area (Å²) in [7, 11) is 2.80. The van der Waals surface area contributed by atoms with Crippen molar-refractivity contribution in [2.45, 2.75) is 12.5 Å². The van der Waals surface area contributed by atoms with Crippen LogP contribution in [-0.2, 0) is 0 Å². The van der Waals surface area contributed by atoms with Crippen LogP contribution in [0.1, 0.15) is 6.42 Å². The lowest BCUT2D eigenvalue weighted by molar-refractivity contribution is 0.221. The van der Waals surface area contributed by atoms with Crippen LogP contribution in [0.2, 0.25) is 0 Å². The lowest BCUT2D eigenvalue weighted by Gasteiger charge is -2.20. The summed E-state index contributed by atoms with van der Waals surface area (Å²) >= 11 is 0. The molecule has 1 atom stereocenters. The Balaban J connectivity index is 1.75. The van der Waals surface area contributed by atoms with Gasteiger partial charge in [-0.3, -0.25) is 4.90 Å². The van der Waals surface area contributed by atoms with E-state index >= 15 is 0 Å². The van der Waals surface area contributed by atoms with Crippen molar-refractivity contribution in [3.63, 3.8) is 0 Å². The number of ether oxygens (including phenoxy) is 1. The van der Waals surface area contributed by atoms with Crippen LogP contribution in [0.3, 0.4) is 0 Å². The average Bonchev–Trinajstić information content (AvgIpc) is 2.88. The number of benzene rings is 1. The van der Waals surface area contributed by atoms with Gasteiger partial charge in [0.25, 0.3) is 0 Å². The fraction of sp³-hybridized carbons (Fsp3) is 0.571. The average molecular weight is 278 g/mol. The molecule has 1 saturated heterocycles. The summed E-state index contributed by atoms with van der Waals surface area (Å²) in [6.45, 7) is 3.72. The maximum Gasteiger partial charge on any atom is 0.488 e. The first-order chi connectivity index (χ1) is 9.56. The van der Waals surface area contributed by atoms with E-state index in [1.54, 1.807) is 18.2 Å². The lowest BCUT2D eigenvalue weighted by atomic mass is 9.80. The molecule has 110 valence electrons. The molecule has 0 aliphatic carbocycles. The van der Waals surface area contributed by atoms with Crippen molar-refractivity contribution < 1.29 is 14.8 Å². The van der Waals surface area contributed by atoms with E-state index in [2.05, 4.69) is 23.9 Å². The number of likely N-dealkylation sites (tertiary alicyclic amines) is 1. The summed E-state index contributed by atoms with van der Waals surface area (Å²) < 4.78 is 5.68. The Morgan fingerprint density at radius 3 is 2.85 bits per heavy atom. The van der Waals surface area contributed by atoms with Crippen molar-refractivity contribution in [3.8, 4) is 5.75 Å². The van der Waals surface area contributed by atoms with E-state index in [4.69, 9.17) is 14.8 Å². The topological polar surface area (TPSA) is 56.2 Å². The van der Waals surface area contributed by atoms with Gasteiger partial charge in [0.1, 0.15) is 12.4 Å². The highest BCUT2D eigenvalue weighted by atomic mass is 16.5. The third kappa shape index (κ3) is 4.21. The van der Waals surface area contributed by atoms with E-state index in [1.165, 1.54) is 6.42 Å². The summed E-state index contributed by atoms with van der Waals surface area (Å²) in [5.74, 6) is 0.680. The molecule has 0 aromatic heterocycles. The first-order valence-electron chi connectivity index (χ1n) is 7.04. The van der Waals surface area contributed by atoms with E-state index in [1.807, 2.05) is 6.07 Å². The smallest absolute Gasteiger partial charge is 0.488 e. The van der Waals surface area contributed by atoms with Gasteiger partial charge in [-0.25, -0.2) is 0 Å². The maximum atomic E-state index is 9.11. The van der Waals surface area contributed by atoms with Crippen LogP contribution in [0.5, 0.6) is 5.75 Å². The first kappa shape index (κ1) is 15.3. The molecular formula is C14H23BN2O3. The molecule has 2 rings (SSSR count). The predicted octanol–water partition coefficient (Wildman–Crippen LogP) is -0.619. The van der Waals surface area contributed by atoms with Gasteiger partial charge in [-0.15, -0.1) is 0 Å². The third-order valence-electron chi connectivity index (χ3n) is 3.81. The summed E-state index contributed by atoms with van der Waals surface area (Å²) in [5.41, 5.74) is 0.455. The van der Waals surface area contributed by atoms with E-state index in [-0.39, 0.29) is 0 Å². The van der Waals surface area contributed by atoms with Gasteiger partial charge < -0.3 is 19.7 Å². The summed E-state index contributed by atoms with van der Waals surface area (Å²) in [5, 5.41) is 18.2. The third-order valence-corrected chi connectivity index (χ3v) is 3.81. The molecular weight excluding hydrogens is 255 g/mol. The number of rotatable bonds is 6. The Hall–Kier alpha value is -1.08. The molecule has 0 spiro atoms. The van der Waals surface area contributed by atoms with Crippen molar-refractivity contribution in [1.82, 2.24) is 9.80 Å². The van der Waals surface area contributed by atoms with Crippen molar-refractivity contribution >= 4 is 12.6 Å². The zero-order valence-electron chi connectivity index (χ0n) is 12.2. The van der Waals surface area contributed by atoms with Crippen molar-refractivity contribution in [2.24, 2.45) is 0 Å². The van der Waals surface area contributed by atoms with Crippen LogP contribution in [-0.4, -0.2) is 73.3 Å². The Kier molecular flexibility index (Phi) is 5.42. The molecule has 2 N–H and O–H groups in total. The molecule has 1 aliphatic rings. The Bertz CT molecular complexity index is 429. The number of nitrogens with zero attached hydrogens (tertiary/aromatic N) is 2. The molecule has 5 nitrogen and oxygen atoms in total. The van der Waals surface area contributed by atoms with Gasteiger partial charge in [0.15, 0.2) is 0 Å². The summed E-state index contributed by atoms with van der Waals surface area (Å²) in [6, 6.07) is 7.57. The zero-order chi connectivity index (χ0) is 14.5. The normalized spacial score (nSPS) is 19.6. The molecule has 1 aromatic carbocycles. The molecule has 0 amide bonds. The molecule has 1 heterocycles. The van der Waals surface area contributed by atoms with Crippen LogP contribution < -0.4 is 10.2 Å². The Morgan fingerprint density at radius 1 is 1.40 bits per heavy atom. The monoisotopic (exact) mass is 278 g/mol. The van der Waals surface area contributed by atoms with Gasteiger partial charge in [-0.1, -0.05) is 12.1 Å². The minimum Gasteiger partial charge on any atom is -0.492 e. The van der Waals surface area contributed by atoms with Crippen LogP contribution in [0.25, 0.3) is 0 Å². The molecule has 1 aliphatic heterocycles. The van der Waals surface area contributed by atoms with E-state index in [0.29, 0.717) is 23.9 Å². The molecule has 0 bridgehead atoms. The van der Waals surface area contributed by atoms with E-state index in [0.717, 1.165) is 19.6 Å². The minimum absolute atomic E-state index is 0.455. The van der Waals surface area contributed by atoms with Gasteiger partial charge >= 0.3 is 7.12 Å². The van der Waals surface area contributed by atoms with Crippen LogP contribution in [0.4, 0.5) is 0 Å². The van der Waals surface area contributed by atoms with Gasteiger partial charge in [0.2, 0.25) is 0 Å². The minimum atomic E-state index is -1.45. The van der Waals surface area contributed by atoms with Gasteiger partial charge in [-0.2, -0.15) is 0 Å². The van der Waals surface area contributed by atoms with E-state index < -0.39 is 7.12 Å². The number of hydrogen-bond acceptors (Lipinski definition) is 5. The zero-order valence-corrected chi connectivity index (χ0v) is 12.2. The van der Waals surface area contributed by atoms with E-state index in [9.17, 15) is 0 Å². The molecule has 1 unspecified atom stereocenters. The SMILES string of the molecule is CN(C)C1CCN(CCOc2cccc(B(O)O)c2)C1. The molecule has 1 aromatic rings. The quantitative estimate of drug-likeness (QED) is 0.679. The maximum absolute atomic E-state index is 9.11. The van der Waals surface area contributed by atoms with Crippen molar-refractivity contribution in [1.29, 1.82) is 0 Å². The summed E-state index contributed by atoms with van der Waals surface area (Å²) in [4.78, 5) is 4.67. The van der Waals surface area contributed by atoms with Crippen molar-refractivity contribution in [3.05, 3.63) is 24.3 Å². The second kappa shape index (κ2) is 7.08. The van der Waals surface area contributed by atoms with Crippen LogP contribution >= 0.6 is 0 Å². The largest absolute Gasteiger partial charge is 0.492 e. The van der Waals surface area contributed by atoms with Gasteiger partial charge in [-0.05, 0) is 44.7 Å². The predicted molar refractivity (Wildman–Crippen MR) is 80.3 cm³/mol. The molecule has 0 radical (unpaired) electrons. The standard InChI is InChI=1S/C14H23BN2O3/c1-16(2)13-6-7-17(11-13)8-9-20-14-5-3-4-12(10-14)15(18)19/h3-5,10,13,18-19H,6-9,11H2,1-2H3. The van der Waals surface area contributed by atoms with Gasteiger partial charge in [0, 0.05) is 19.1 Å². The Morgan fingerprint density at radius 2 is 2.20 bits per heavy atom. The van der Waals surface area contributed by atoms with Crippen LogP contribution in [0, 0.1) is 0 Å². The highest BCUT2D eigenvalue weighted by Gasteiger charge is 2.23. The highest BCUT2D eigenvalue weighted by Crippen LogP contribution is 2.13. The van der Waals surface area contributed by atoms with Crippen LogP contribution in [0.15, 0.2) is 24.3 Å². The fourth-order valence-electron chi connectivity index (χ4n) is 2.49. The molecule has 1 fully saturated rings. The second-order valence-electron chi connectivity index (χ2n) is 5.50. The molecule has 0 saturated carbocycles. The highest BCUT2D eigenvalue weighted by molar-refractivity contribution is 6.58. The Labute approximate surface area is 120 Å². The number of likely N-dealkylation sites (N-methyl/N-ethyl adjacent to an activating group) is 1. The molecule has 6 heteroatoms. The fourth-order valence-corrected chi connectivity index (χ4v) is 2.49. The first-order valence-corrected chi connectivity index (χ1v) is 7.04. The lowest BCUT2D eigenvalue weighted by Crippen LogP contribution is -2.33. The van der Waals surface area contributed by atoms with Crippen molar-refractivity contribution in [2.75, 3.05) is 40.3 Å². The van der Waals surface area contributed by atoms with Gasteiger partial charge in [0.05, 0.1) is 0 Å². The second-order valence-corrected chi connectivity index (χ2v) is 5.50.